The van der Waals surface area contributed by atoms with Crippen LogP contribution in [-0.4, -0.2) is 46.4 Å². The van der Waals surface area contributed by atoms with Gasteiger partial charge in [0.2, 0.25) is 0 Å². The number of phenols is 1. The third kappa shape index (κ3) is 4.15. The maximum absolute atomic E-state index is 13.8. The third-order valence-electron chi connectivity index (χ3n) is 7.76. The van der Waals surface area contributed by atoms with Crippen LogP contribution in [0.25, 0.3) is 32.6 Å². The largest absolute Gasteiger partial charge is 0.507 e. The first kappa shape index (κ1) is 25.0. The summed E-state index contributed by atoms with van der Waals surface area (Å²) < 4.78 is 5.27. The number of rotatable bonds is 5. The predicted molar refractivity (Wildman–Crippen MR) is 162 cm³/mol. The quantitative estimate of drug-likeness (QED) is 0.174. The Morgan fingerprint density at radius 3 is 2.44 bits per heavy atom. The highest BCUT2D eigenvalue weighted by Crippen LogP contribution is 2.45. The summed E-state index contributed by atoms with van der Waals surface area (Å²) in [6.07, 6.45) is 0. The molecule has 0 saturated heterocycles. The number of carbonyl (C=O) groups excluding carboxylic acids is 2. The molecule has 0 bridgehead atoms. The SMILES string of the molecule is COc1ccc2[nH]c(C(=O)Nc3ccc4[nH]c(C(=O)N5CC(CCl)c6c5cc(O)c5ccccc65)cc4c3)cc2c1. The molecule has 41 heavy (non-hydrogen) atoms. The molecule has 3 heterocycles. The molecule has 2 amide bonds. The fraction of sp³-hybridized carbons (Fsp3) is 0.125. The van der Waals surface area contributed by atoms with Crippen LogP contribution in [0.15, 0.2) is 78.9 Å². The van der Waals surface area contributed by atoms with E-state index in [1.165, 1.54) is 0 Å². The van der Waals surface area contributed by atoms with Crippen molar-refractivity contribution in [2.45, 2.75) is 5.92 Å². The smallest absolute Gasteiger partial charge is 0.274 e. The van der Waals surface area contributed by atoms with Gasteiger partial charge >= 0.3 is 0 Å². The number of amides is 2. The number of H-pyrrole nitrogens is 2. The number of nitrogens with zero attached hydrogens (tertiary/aromatic N) is 1. The minimum Gasteiger partial charge on any atom is -0.507 e. The Morgan fingerprint density at radius 2 is 1.66 bits per heavy atom. The zero-order valence-electron chi connectivity index (χ0n) is 22.0. The second-order valence-electron chi connectivity index (χ2n) is 10.2. The molecule has 204 valence electrons. The number of aromatic hydroxyl groups is 1. The van der Waals surface area contributed by atoms with Gasteiger partial charge in [0.15, 0.2) is 0 Å². The molecule has 8 nitrogen and oxygen atoms in total. The molecule has 0 spiro atoms. The minimum absolute atomic E-state index is 0.0574. The van der Waals surface area contributed by atoms with Crippen molar-refractivity contribution in [3.8, 4) is 11.5 Å². The number of methoxy groups -OCH3 is 1. The molecular weight excluding hydrogens is 540 g/mol. The maximum atomic E-state index is 13.8. The molecule has 0 radical (unpaired) electrons. The summed E-state index contributed by atoms with van der Waals surface area (Å²) in [6.45, 7) is 0.415. The Kier molecular flexibility index (Phi) is 5.87. The van der Waals surface area contributed by atoms with E-state index in [1.54, 1.807) is 36.3 Å². The second kappa shape index (κ2) is 9.60. The Hall–Kier alpha value is -4.95. The number of hydrogen-bond donors (Lipinski definition) is 4. The van der Waals surface area contributed by atoms with Crippen LogP contribution in [0.4, 0.5) is 11.4 Å². The van der Waals surface area contributed by atoms with Gasteiger partial charge in [-0.05, 0) is 59.5 Å². The first-order chi connectivity index (χ1) is 19.9. The van der Waals surface area contributed by atoms with E-state index in [0.29, 0.717) is 40.9 Å². The molecule has 2 aromatic heterocycles. The van der Waals surface area contributed by atoms with Gasteiger partial charge in [0.05, 0.1) is 12.8 Å². The molecule has 7 rings (SSSR count). The van der Waals surface area contributed by atoms with Gasteiger partial charge in [-0.15, -0.1) is 11.6 Å². The number of alkyl halides is 1. The number of nitrogens with one attached hydrogen (secondary N) is 3. The lowest BCUT2D eigenvalue weighted by Crippen LogP contribution is -2.30. The van der Waals surface area contributed by atoms with Crippen molar-refractivity contribution in [2.75, 3.05) is 29.8 Å². The Balaban J connectivity index is 1.17. The first-order valence-corrected chi connectivity index (χ1v) is 13.7. The first-order valence-electron chi connectivity index (χ1n) is 13.2. The van der Waals surface area contributed by atoms with Gasteiger partial charge < -0.3 is 30.0 Å². The monoisotopic (exact) mass is 564 g/mol. The van der Waals surface area contributed by atoms with Crippen LogP contribution in [0.2, 0.25) is 0 Å². The summed E-state index contributed by atoms with van der Waals surface area (Å²) in [4.78, 5) is 34.8. The highest BCUT2D eigenvalue weighted by molar-refractivity contribution is 6.19. The zero-order chi connectivity index (χ0) is 28.2. The van der Waals surface area contributed by atoms with Crippen LogP contribution >= 0.6 is 11.6 Å². The summed E-state index contributed by atoms with van der Waals surface area (Å²) in [5.41, 5.74) is 4.66. The molecule has 0 aliphatic carbocycles. The van der Waals surface area contributed by atoms with Crippen molar-refractivity contribution in [1.82, 2.24) is 9.97 Å². The van der Waals surface area contributed by atoms with Crippen LogP contribution in [0.3, 0.4) is 0 Å². The number of halogens is 1. The number of aromatic nitrogens is 2. The van der Waals surface area contributed by atoms with E-state index in [0.717, 1.165) is 38.1 Å². The van der Waals surface area contributed by atoms with E-state index in [-0.39, 0.29) is 23.5 Å². The summed E-state index contributed by atoms with van der Waals surface area (Å²) in [7, 11) is 1.60. The van der Waals surface area contributed by atoms with Gasteiger partial charge in [-0.3, -0.25) is 9.59 Å². The highest BCUT2D eigenvalue weighted by Gasteiger charge is 2.35. The maximum Gasteiger partial charge on any atom is 0.274 e. The molecule has 4 N–H and O–H groups in total. The summed E-state index contributed by atoms with van der Waals surface area (Å²) in [6, 6.07) is 23.8. The fourth-order valence-corrected chi connectivity index (χ4v) is 6.03. The lowest BCUT2D eigenvalue weighted by atomic mass is 9.95. The number of fused-ring (bicyclic) bond motifs is 5. The van der Waals surface area contributed by atoms with Crippen molar-refractivity contribution in [3.63, 3.8) is 0 Å². The normalized spacial score (nSPS) is 14.6. The summed E-state index contributed by atoms with van der Waals surface area (Å²) in [5, 5.41) is 16.9. The average Bonchev–Trinajstić information content (AvgIpc) is 3.71. The number of benzene rings is 4. The van der Waals surface area contributed by atoms with Gasteiger partial charge in [0.25, 0.3) is 11.8 Å². The van der Waals surface area contributed by atoms with E-state index in [4.69, 9.17) is 16.3 Å². The number of carbonyl (C=O) groups is 2. The van der Waals surface area contributed by atoms with Crippen LogP contribution in [0.1, 0.15) is 32.5 Å². The standard InChI is InChI=1S/C32H25ClN4O4/c1-41-21-7-9-25-18(11-21)12-26(35-25)31(39)34-20-6-8-24-17(10-20)13-27(36-24)32(40)37-16-19(15-33)30-23-5-3-2-4-22(23)29(38)14-28(30)37/h2-14,19,35-36,38H,15-16H2,1H3,(H,34,39). The summed E-state index contributed by atoms with van der Waals surface area (Å²) >= 11 is 6.35. The van der Waals surface area contributed by atoms with Gasteiger partial charge in [0, 0.05) is 57.3 Å². The third-order valence-corrected chi connectivity index (χ3v) is 8.13. The number of phenolic OH excluding ortho intramolecular Hbond substituents is 1. The highest BCUT2D eigenvalue weighted by atomic mass is 35.5. The van der Waals surface area contributed by atoms with Crippen molar-refractivity contribution < 1.29 is 19.4 Å². The van der Waals surface area contributed by atoms with E-state index in [9.17, 15) is 14.7 Å². The fourth-order valence-electron chi connectivity index (χ4n) is 5.77. The van der Waals surface area contributed by atoms with Crippen molar-refractivity contribution in [3.05, 3.63) is 95.8 Å². The van der Waals surface area contributed by atoms with E-state index in [1.807, 2.05) is 54.6 Å². The van der Waals surface area contributed by atoms with Gasteiger partial charge in [-0.25, -0.2) is 0 Å². The van der Waals surface area contributed by atoms with Crippen molar-refractivity contribution in [2.24, 2.45) is 0 Å². The lowest BCUT2D eigenvalue weighted by molar-refractivity contribution is 0.0982. The van der Waals surface area contributed by atoms with E-state index in [2.05, 4.69) is 15.3 Å². The molecule has 6 aromatic rings. The van der Waals surface area contributed by atoms with Gasteiger partial charge in [-0.1, -0.05) is 24.3 Å². The molecule has 1 aliphatic heterocycles. The van der Waals surface area contributed by atoms with Crippen LogP contribution in [-0.2, 0) is 0 Å². The second-order valence-corrected chi connectivity index (χ2v) is 10.5. The topological polar surface area (TPSA) is 110 Å². The molecule has 1 unspecified atom stereocenters. The van der Waals surface area contributed by atoms with Crippen LogP contribution < -0.4 is 15.0 Å². The molecule has 9 heteroatoms. The zero-order valence-corrected chi connectivity index (χ0v) is 22.8. The number of aromatic amines is 2. The lowest BCUT2D eigenvalue weighted by Gasteiger charge is -2.17. The van der Waals surface area contributed by atoms with Crippen LogP contribution in [0.5, 0.6) is 11.5 Å². The van der Waals surface area contributed by atoms with Crippen molar-refractivity contribution in [1.29, 1.82) is 0 Å². The molecule has 4 aromatic carbocycles. The number of hydrogen-bond acceptors (Lipinski definition) is 4. The van der Waals surface area contributed by atoms with Crippen molar-refractivity contribution >= 4 is 67.4 Å². The minimum atomic E-state index is -0.279. The summed E-state index contributed by atoms with van der Waals surface area (Å²) in [5.74, 6) is 0.637. The average molecular weight is 565 g/mol. The molecular formula is C32H25ClN4O4. The molecule has 0 saturated carbocycles. The predicted octanol–water partition coefficient (Wildman–Crippen LogP) is 6.75. The number of anilines is 2. The van der Waals surface area contributed by atoms with Crippen LogP contribution in [0, 0.1) is 0 Å². The van der Waals surface area contributed by atoms with Gasteiger partial charge in [-0.2, -0.15) is 0 Å². The van der Waals surface area contributed by atoms with E-state index >= 15 is 0 Å². The Labute approximate surface area is 239 Å². The number of ether oxygens (including phenoxy) is 1. The molecule has 0 fully saturated rings. The van der Waals surface area contributed by atoms with E-state index < -0.39 is 0 Å². The Bertz CT molecular complexity index is 2010. The molecule has 1 aliphatic rings. The Morgan fingerprint density at radius 1 is 0.951 bits per heavy atom. The van der Waals surface area contributed by atoms with Gasteiger partial charge in [0.1, 0.15) is 22.9 Å². The molecule has 1 atom stereocenters.